The number of likely N-dealkylation sites (tertiary alicyclic amines) is 1. The summed E-state index contributed by atoms with van der Waals surface area (Å²) in [5.41, 5.74) is 1.03. The molecule has 1 saturated heterocycles. The molecular weight excluding hydrogens is 254 g/mol. The van der Waals surface area contributed by atoms with Crippen molar-refractivity contribution in [2.75, 3.05) is 27.2 Å². The Morgan fingerprint density at radius 1 is 1.40 bits per heavy atom. The van der Waals surface area contributed by atoms with Gasteiger partial charge in [-0.2, -0.15) is 0 Å². The molecule has 1 aromatic heterocycles. The van der Waals surface area contributed by atoms with Crippen molar-refractivity contribution in [3.05, 3.63) is 30.1 Å². The van der Waals surface area contributed by atoms with E-state index in [1.165, 1.54) is 0 Å². The zero-order valence-corrected chi connectivity index (χ0v) is 12.2. The maximum absolute atomic E-state index is 12.4. The summed E-state index contributed by atoms with van der Waals surface area (Å²) >= 11 is 0. The van der Waals surface area contributed by atoms with Crippen LogP contribution in [0.25, 0.3) is 0 Å². The van der Waals surface area contributed by atoms with Crippen molar-refractivity contribution in [3.8, 4) is 0 Å². The minimum absolute atomic E-state index is 0.0362. The summed E-state index contributed by atoms with van der Waals surface area (Å²) in [6.45, 7) is 2.95. The molecule has 0 N–H and O–H groups in total. The van der Waals surface area contributed by atoms with Crippen LogP contribution in [0.15, 0.2) is 24.5 Å². The summed E-state index contributed by atoms with van der Waals surface area (Å²) in [5, 5.41) is 0. The Kier molecular flexibility index (Phi) is 4.37. The van der Waals surface area contributed by atoms with Gasteiger partial charge in [0.2, 0.25) is 11.8 Å². The largest absolute Gasteiger partial charge is 0.349 e. The first-order valence-corrected chi connectivity index (χ1v) is 6.93. The van der Waals surface area contributed by atoms with E-state index in [4.69, 9.17) is 0 Å². The molecule has 1 fully saturated rings. The molecule has 0 radical (unpaired) electrons. The molecule has 2 rings (SSSR count). The molecule has 1 aliphatic rings. The minimum atomic E-state index is -0.176. The normalized spacial score (nSPS) is 21.9. The van der Waals surface area contributed by atoms with Crippen molar-refractivity contribution in [2.45, 2.75) is 19.3 Å². The molecule has 1 aromatic rings. The van der Waals surface area contributed by atoms with Gasteiger partial charge in [-0.3, -0.25) is 14.6 Å². The Balaban J connectivity index is 2.26. The number of hydrogen-bond donors (Lipinski definition) is 0. The highest BCUT2D eigenvalue weighted by Crippen LogP contribution is 2.33. The summed E-state index contributed by atoms with van der Waals surface area (Å²) in [6.07, 6.45) is 3.99. The van der Waals surface area contributed by atoms with Gasteiger partial charge in [-0.15, -0.1) is 0 Å². The lowest BCUT2D eigenvalue weighted by Gasteiger charge is -2.21. The van der Waals surface area contributed by atoms with E-state index in [9.17, 15) is 9.59 Å². The maximum Gasteiger partial charge on any atom is 0.227 e. The zero-order valence-electron chi connectivity index (χ0n) is 12.2. The summed E-state index contributed by atoms with van der Waals surface area (Å²) in [7, 11) is 3.51. The molecular formula is C15H21N3O2. The first kappa shape index (κ1) is 14.5. The number of aromatic nitrogens is 1. The van der Waals surface area contributed by atoms with Crippen LogP contribution in [0.4, 0.5) is 0 Å². The van der Waals surface area contributed by atoms with Crippen molar-refractivity contribution < 1.29 is 9.59 Å². The summed E-state index contributed by atoms with van der Waals surface area (Å²) < 4.78 is 0. The van der Waals surface area contributed by atoms with Gasteiger partial charge < -0.3 is 9.80 Å². The molecule has 108 valence electrons. The molecule has 0 bridgehead atoms. The van der Waals surface area contributed by atoms with Gasteiger partial charge in [0.1, 0.15) is 0 Å². The highest BCUT2D eigenvalue weighted by molar-refractivity contribution is 5.83. The van der Waals surface area contributed by atoms with Crippen molar-refractivity contribution in [1.29, 1.82) is 0 Å². The third-order valence-corrected chi connectivity index (χ3v) is 3.85. The average molecular weight is 275 g/mol. The molecule has 0 spiro atoms. The Morgan fingerprint density at radius 2 is 2.15 bits per heavy atom. The number of rotatable bonds is 3. The first-order chi connectivity index (χ1) is 9.54. The number of hydrogen-bond acceptors (Lipinski definition) is 3. The van der Waals surface area contributed by atoms with Gasteiger partial charge >= 0.3 is 0 Å². The lowest BCUT2D eigenvalue weighted by atomic mass is 9.89. The van der Waals surface area contributed by atoms with Gasteiger partial charge in [0.25, 0.3) is 0 Å². The molecule has 1 aliphatic heterocycles. The van der Waals surface area contributed by atoms with Crippen LogP contribution >= 0.6 is 0 Å². The molecule has 0 saturated carbocycles. The van der Waals surface area contributed by atoms with Crippen molar-refractivity contribution >= 4 is 11.8 Å². The molecule has 2 atom stereocenters. The van der Waals surface area contributed by atoms with Crippen LogP contribution in [0.5, 0.6) is 0 Å². The van der Waals surface area contributed by atoms with Gasteiger partial charge in [-0.1, -0.05) is 13.0 Å². The van der Waals surface area contributed by atoms with Crippen LogP contribution in [0.2, 0.25) is 0 Å². The zero-order chi connectivity index (χ0) is 14.7. The number of carbonyl (C=O) groups excluding carboxylic acids is 2. The van der Waals surface area contributed by atoms with Gasteiger partial charge in [-0.05, 0) is 11.6 Å². The minimum Gasteiger partial charge on any atom is -0.349 e. The molecule has 0 aliphatic carbocycles. The molecule has 5 heteroatoms. The number of carbonyl (C=O) groups is 2. The van der Waals surface area contributed by atoms with E-state index in [-0.39, 0.29) is 23.7 Å². The maximum atomic E-state index is 12.4. The van der Waals surface area contributed by atoms with E-state index in [0.29, 0.717) is 19.5 Å². The van der Waals surface area contributed by atoms with Crippen LogP contribution in [0, 0.1) is 5.92 Å². The second kappa shape index (κ2) is 6.03. The number of nitrogens with zero attached hydrogens (tertiary/aromatic N) is 3. The lowest BCUT2D eigenvalue weighted by Crippen LogP contribution is -2.34. The van der Waals surface area contributed by atoms with Crippen molar-refractivity contribution in [1.82, 2.24) is 14.8 Å². The van der Waals surface area contributed by atoms with Crippen LogP contribution in [0.3, 0.4) is 0 Å². The SMILES string of the molecule is CCC(=O)N1CC(C(=O)N(C)C)[C@H](c2cccnc2)C1. The molecule has 20 heavy (non-hydrogen) atoms. The Hall–Kier alpha value is -1.91. The number of amides is 2. The molecule has 2 heterocycles. The van der Waals surface area contributed by atoms with Gasteiger partial charge in [0.15, 0.2) is 0 Å². The smallest absolute Gasteiger partial charge is 0.227 e. The third-order valence-electron chi connectivity index (χ3n) is 3.85. The van der Waals surface area contributed by atoms with Gasteiger partial charge in [0, 0.05) is 51.9 Å². The van der Waals surface area contributed by atoms with Gasteiger partial charge in [0.05, 0.1) is 5.92 Å². The third kappa shape index (κ3) is 2.81. The van der Waals surface area contributed by atoms with E-state index in [0.717, 1.165) is 5.56 Å². The van der Waals surface area contributed by atoms with E-state index in [2.05, 4.69) is 4.98 Å². The second-order valence-corrected chi connectivity index (χ2v) is 5.38. The second-order valence-electron chi connectivity index (χ2n) is 5.38. The van der Waals surface area contributed by atoms with Gasteiger partial charge in [-0.25, -0.2) is 0 Å². The Labute approximate surface area is 119 Å². The summed E-state index contributed by atoms with van der Waals surface area (Å²) in [6, 6.07) is 3.85. The fourth-order valence-electron chi connectivity index (χ4n) is 2.75. The summed E-state index contributed by atoms with van der Waals surface area (Å²) in [4.78, 5) is 31.8. The van der Waals surface area contributed by atoms with Crippen LogP contribution in [-0.4, -0.2) is 53.8 Å². The molecule has 5 nitrogen and oxygen atoms in total. The van der Waals surface area contributed by atoms with Crippen molar-refractivity contribution in [2.24, 2.45) is 5.92 Å². The van der Waals surface area contributed by atoms with Crippen LogP contribution < -0.4 is 0 Å². The van der Waals surface area contributed by atoms with E-state index in [1.54, 1.807) is 36.3 Å². The Morgan fingerprint density at radius 3 is 2.70 bits per heavy atom. The highest BCUT2D eigenvalue weighted by Gasteiger charge is 2.40. The highest BCUT2D eigenvalue weighted by atomic mass is 16.2. The van der Waals surface area contributed by atoms with E-state index in [1.807, 2.05) is 19.1 Å². The molecule has 2 amide bonds. The molecule has 1 unspecified atom stereocenters. The monoisotopic (exact) mass is 275 g/mol. The fourth-order valence-corrected chi connectivity index (χ4v) is 2.75. The quantitative estimate of drug-likeness (QED) is 0.830. The van der Waals surface area contributed by atoms with Crippen LogP contribution in [-0.2, 0) is 9.59 Å². The molecule has 0 aromatic carbocycles. The fraction of sp³-hybridized carbons (Fsp3) is 0.533. The topological polar surface area (TPSA) is 53.5 Å². The van der Waals surface area contributed by atoms with E-state index >= 15 is 0 Å². The predicted molar refractivity (Wildman–Crippen MR) is 76.0 cm³/mol. The van der Waals surface area contributed by atoms with Crippen molar-refractivity contribution in [3.63, 3.8) is 0 Å². The van der Waals surface area contributed by atoms with Crippen LogP contribution in [0.1, 0.15) is 24.8 Å². The first-order valence-electron chi connectivity index (χ1n) is 6.93. The standard InChI is InChI=1S/C15H21N3O2/c1-4-14(19)18-9-12(11-6-5-7-16-8-11)13(10-18)15(20)17(2)3/h5-8,12-13H,4,9-10H2,1-3H3/t12-,13?/m0/s1. The van der Waals surface area contributed by atoms with E-state index < -0.39 is 0 Å². The lowest BCUT2D eigenvalue weighted by molar-refractivity contribution is -0.133. The average Bonchev–Trinajstić information content (AvgIpc) is 2.91. The number of pyridine rings is 1. The Bertz CT molecular complexity index is 487. The summed E-state index contributed by atoms with van der Waals surface area (Å²) in [5.74, 6) is 0.0389. The predicted octanol–water partition coefficient (Wildman–Crippen LogP) is 1.12.